The number of halogens is 3. The Morgan fingerprint density at radius 1 is 1.12 bits per heavy atom. The van der Waals surface area contributed by atoms with Crippen LogP contribution in [0.5, 0.6) is 5.75 Å². The number of nitrogens with zero attached hydrogens (tertiary/aromatic N) is 3. The highest BCUT2D eigenvalue weighted by atomic mass is 35.5. The number of carbonyl (C=O) groups excluding carboxylic acids is 1. The second-order valence-electron chi connectivity index (χ2n) is 7.24. The maximum absolute atomic E-state index is 12.4. The highest BCUT2D eigenvalue weighted by molar-refractivity contribution is 7.99. The van der Waals surface area contributed by atoms with E-state index in [9.17, 15) is 4.79 Å². The van der Waals surface area contributed by atoms with E-state index < -0.39 is 0 Å². The van der Waals surface area contributed by atoms with Crippen molar-refractivity contribution >= 4 is 58.2 Å². The van der Waals surface area contributed by atoms with E-state index >= 15 is 0 Å². The lowest BCUT2D eigenvalue weighted by atomic mass is 10.0. The molecule has 0 unspecified atom stereocenters. The molecule has 0 bridgehead atoms. The Labute approximate surface area is 206 Å². The van der Waals surface area contributed by atoms with Gasteiger partial charge in [0.1, 0.15) is 12.4 Å². The van der Waals surface area contributed by atoms with Crippen LogP contribution in [-0.4, -0.2) is 26.4 Å². The molecule has 0 aliphatic carbocycles. The van der Waals surface area contributed by atoms with Crippen molar-refractivity contribution in [1.82, 2.24) is 14.8 Å². The second kappa shape index (κ2) is 11.3. The Hall–Kier alpha value is -1.93. The Balaban J connectivity index is 1.59. The van der Waals surface area contributed by atoms with Crippen molar-refractivity contribution in [2.75, 3.05) is 11.1 Å². The molecule has 0 spiro atoms. The van der Waals surface area contributed by atoms with Gasteiger partial charge >= 0.3 is 0 Å². The van der Waals surface area contributed by atoms with Crippen molar-refractivity contribution in [3.8, 4) is 5.75 Å². The maximum Gasteiger partial charge on any atom is 0.234 e. The molecule has 0 atom stereocenters. The first-order chi connectivity index (χ1) is 15.3. The summed E-state index contributed by atoms with van der Waals surface area (Å²) in [5.74, 6) is 1.77. The Morgan fingerprint density at radius 3 is 2.38 bits per heavy atom. The Morgan fingerprint density at radius 2 is 1.78 bits per heavy atom. The first-order valence-electron chi connectivity index (χ1n) is 10.0. The van der Waals surface area contributed by atoms with Gasteiger partial charge < -0.3 is 14.6 Å². The molecule has 0 aliphatic rings. The minimum atomic E-state index is -0.269. The Bertz CT molecular complexity index is 1060. The molecule has 0 saturated heterocycles. The fraction of sp³-hybridized carbons (Fsp3) is 0.318. The van der Waals surface area contributed by atoms with Crippen molar-refractivity contribution in [2.45, 2.75) is 45.0 Å². The van der Waals surface area contributed by atoms with Crippen molar-refractivity contribution in [3.63, 3.8) is 0 Å². The van der Waals surface area contributed by atoms with Gasteiger partial charge in [-0.05, 0) is 42.7 Å². The van der Waals surface area contributed by atoms with Crippen molar-refractivity contribution in [2.24, 2.45) is 0 Å². The lowest BCUT2D eigenvalue weighted by molar-refractivity contribution is -0.113. The zero-order valence-electron chi connectivity index (χ0n) is 17.9. The van der Waals surface area contributed by atoms with E-state index in [0.29, 0.717) is 34.2 Å². The smallest absolute Gasteiger partial charge is 0.234 e. The third-order valence-corrected chi connectivity index (χ3v) is 6.41. The van der Waals surface area contributed by atoms with Crippen LogP contribution in [-0.2, 0) is 17.9 Å². The molecule has 10 heteroatoms. The summed E-state index contributed by atoms with van der Waals surface area (Å²) in [6.45, 7) is 7.22. The summed E-state index contributed by atoms with van der Waals surface area (Å²) in [6.07, 6.45) is 0. The van der Waals surface area contributed by atoms with Gasteiger partial charge in [-0.15, -0.1) is 10.2 Å². The van der Waals surface area contributed by atoms with Gasteiger partial charge in [-0.3, -0.25) is 4.79 Å². The van der Waals surface area contributed by atoms with Gasteiger partial charge in [0.15, 0.2) is 11.0 Å². The van der Waals surface area contributed by atoms with Crippen LogP contribution in [0.3, 0.4) is 0 Å². The third kappa shape index (κ3) is 6.32. The monoisotopic (exact) mass is 512 g/mol. The largest absolute Gasteiger partial charge is 0.486 e. The van der Waals surface area contributed by atoms with Crippen LogP contribution in [0.1, 0.15) is 38.1 Å². The van der Waals surface area contributed by atoms with Crippen LogP contribution in [0.2, 0.25) is 15.1 Å². The van der Waals surface area contributed by atoms with Crippen LogP contribution in [0.15, 0.2) is 41.6 Å². The lowest BCUT2D eigenvalue weighted by Gasteiger charge is -2.11. The molecule has 0 radical (unpaired) electrons. The average molecular weight is 514 g/mol. The number of benzene rings is 2. The third-order valence-electron chi connectivity index (χ3n) is 4.63. The highest BCUT2D eigenvalue weighted by Crippen LogP contribution is 2.34. The highest BCUT2D eigenvalue weighted by Gasteiger charge is 2.16. The summed E-state index contributed by atoms with van der Waals surface area (Å²) >= 11 is 19.4. The molecular weight excluding hydrogens is 491 g/mol. The standard InChI is InChI=1S/C22H23Cl3N4O2S/c1-4-29-19(11-31-16-7-5-14(6-8-16)13(2)3)27-28-22(29)32-12-20(30)26-21-17(24)9-15(23)10-18(21)25/h5-10,13H,4,11-12H2,1-3H3,(H,26,30). The zero-order chi connectivity index (χ0) is 23.3. The average Bonchev–Trinajstić information content (AvgIpc) is 3.15. The fourth-order valence-electron chi connectivity index (χ4n) is 2.91. The number of anilines is 1. The van der Waals surface area contributed by atoms with Crippen molar-refractivity contribution < 1.29 is 9.53 Å². The normalized spacial score (nSPS) is 11.1. The molecule has 0 fully saturated rings. The number of hydrogen-bond acceptors (Lipinski definition) is 5. The molecule has 6 nitrogen and oxygen atoms in total. The summed E-state index contributed by atoms with van der Waals surface area (Å²) in [5, 5.41) is 12.7. The molecule has 32 heavy (non-hydrogen) atoms. The SMILES string of the molecule is CCn1c(COc2ccc(C(C)C)cc2)nnc1SCC(=O)Nc1c(Cl)cc(Cl)cc1Cl. The molecule has 1 amide bonds. The van der Waals surface area contributed by atoms with Gasteiger partial charge in [-0.1, -0.05) is 72.5 Å². The first kappa shape index (κ1) is 24.7. The van der Waals surface area contributed by atoms with Crippen LogP contribution >= 0.6 is 46.6 Å². The van der Waals surface area contributed by atoms with Gasteiger partial charge in [0, 0.05) is 11.6 Å². The summed E-state index contributed by atoms with van der Waals surface area (Å²) in [5.41, 5.74) is 1.59. The van der Waals surface area contributed by atoms with Gasteiger partial charge in [-0.2, -0.15) is 0 Å². The number of rotatable bonds is 9. The molecule has 3 rings (SSSR count). The van der Waals surface area contributed by atoms with Gasteiger partial charge in [0.2, 0.25) is 5.91 Å². The number of aromatic nitrogens is 3. The summed E-state index contributed by atoms with van der Waals surface area (Å²) in [6, 6.07) is 11.1. The predicted octanol–water partition coefficient (Wildman–Crippen LogP) is 6.69. The number of hydrogen-bond donors (Lipinski definition) is 1. The Kier molecular flexibility index (Phi) is 8.71. The molecule has 1 aromatic heterocycles. The molecule has 170 valence electrons. The van der Waals surface area contributed by atoms with E-state index in [1.807, 2.05) is 23.6 Å². The maximum atomic E-state index is 12.4. The zero-order valence-corrected chi connectivity index (χ0v) is 20.9. The van der Waals surface area contributed by atoms with Crippen molar-refractivity contribution in [3.05, 3.63) is 62.9 Å². The second-order valence-corrected chi connectivity index (χ2v) is 9.43. The van der Waals surface area contributed by atoms with Gasteiger partial charge in [0.25, 0.3) is 0 Å². The number of ether oxygens (including phenoxy) is 1. The molecule has 0 aliphatic heterocycles. The topological polar surface area (TPSA) is 69.0 Å². The summed E-state index contributed by atoms with van der Waals surface area (Å²) < 4.78 is 7.79. The van der Waals surface area contributed by atoms with E-state index in [0.717, 1.165) is 5.75 Å². The van der Waals surface area contributed by atoms with E-state index in [1.165, 1.54) is 29.5 Å². The quantitative estimate of drug-likeness (QED) is 0.323. The predicted molar refractivity (Wildman–Crippen MR) is 131 cm³/mol. The molecule has 3 aromatic rings. The van der Waals surface area contributed by atoms with E-state index in [4.69, 9.17) is 39.5 Å². The van der Waals surface area contributed by atoms with E-state index in [2.05, 4.69) is 41.5 Å². The fourth-order valence-corrected chi connectivity index (χ4v) is 4.65. The molecule has 0 saturated carbocycles. The van der Waals surface area contributed by atoms with Gasteiger partial charge in [-0.25, -0.2) is 0 Å². The van der Waals surface area contributed by atoms with Crippen LogP contribution in [0, 0.1) is 0 Å². The van der Waals surface area contributed by atoms with Crippen LogP contribution in [0.25, 0.3) is 0 Å². The number of amides is 1. The lowest BCUT2D eigenvalue weighted by Crippen LogP contribution is -2.15. The molecule has 1 heterocycles. The van der Waals surface area contributed by atoms with Crippen molar-refractivity contribution in [1.29, 1.82) is 0 Å². The summed E-state index contributed by atoms with van der Waals surface area (Å²) in [7, 11) is 0. The molecule has 2 aromatic carbocycles. The number of carbonyl (C=O) groups is 1. The minimum absolute atomic E-state index is 0.116. The molecule has 1 N–H and O–H groups in total. The van der Waals surface area contributed by atoms with E-state index in [-0.39, 0.29) is 28.3 Å². The number of thioether (sulfide) groups is 1. The number of nitrogens with one attached hydrogen (secondary N) is 1. The first-order valence-corrected chi connectivity index (χ1v) is 12.1. The van der Waals surface area contributed by atoms with Crippen LogP contribution < -0.4 is 10.1 Å². The van der Waals surface area contributed by atoms with Crippen LogP contribution in [0.4, 0.5) is 5.69 Å². The minimum Gasteiger partial charge on any atom is -0.486 e. The van der Waals surface area contributed by atoms with E-state index in [1.54, 1.807) is 0 Å². The molecular formula is C22H23Cl3N4O2S. The summed E-state index contributed by atoms with van der Waals surface area (Å²) in [4.78, 5) is 12.4. The van der Waals surface area contributed by atoms with Gasteiger partial charge in [0.05, 0.1) is 21.5 Å².